The first kappa shape index (κ1) is 8.78. The molecule has 0 aliphatic carbocycles. The van der Waals surface area contributed by atoms with Crippen LogP contribution >= 0.6 is 0 Å². The van der Waals surface area contributed by atoms with E-state index in [2.05, 4.69) is 0 Å². The molecule has 0 atom stereocenters. The second-order valence-corrected chi connectivity index (χ2v) is 2.70. The van der Waals surface area contributed by atoms with Gasteiger partial charge in [0.2, 0.25) is 0 Å². The maximum Gasteiger partial charge on any atom is 0.137 e. The molecule has 0 radical (unpaired) electrons. The lowest BCUT2D eigenvalue weighted by Crippen LogP contribution is -1.99. The summed E-state index contributed by atoms with van der Waals surface area (Å²) in [5.74, 6) is 0.357. The zero-order valence-electron chi connectivity index (χ0n) is 7.08. The summed E-state index contributed by atoms with van der Waals surface area (Å²) in [6, 6.07) is 6.93. The van der Waals surface area contributed by atoms with Gasteiger partial charge in [-0.05, 0) is 6.07 Å². The monoisotopic (exact) mass is 164 g/mol. The van der Waals surface area contributed by atoms with Crippen molar-refractivity contribution in [3.05, 3.63) is 29.8 Å². The van der Waals surface area contributed by atoms with Crippen LogP contribution in [0, 0.1) is 0 Å². The van der Waals surface area contributed by atoms with Crippen molar-refractivity contribution in [2.24, 2.45) is 0 Å². The third-order valence-corrected chi connectivity index (χ3v) is 1.77. The molecule has 1 rings (SSSR count). The minimum atomic E-state index is 0.150. The van der Waals surface area contributed by atoms with Crippen LogP contribution < -0.4 is 0 Å². The largest absolute Gasteiger partial charge is 0.508 e. The highest BCUT2D eigenvalue weighted by molar-refractivity contribution is 5.81. The van der Waals surface area contributed by atoms with Gasteiger partial charge in [-0.2, -0.15) is 0 Å². The van der Waals surface area contributed by atoms with Gasteiger partial charge in [-0.3, -0.25) is 4.79 Å². The standard InChI is InChI=1S/C10H12O2/c1-2-9(11)7-8-5-3-4-6-10(8)12/h3-6,12H,2,7H2,1H3. The SMILES string of the molecule is CCC(=O)Cc1ccccc1O. The Kier molecular flexibility index (Phi) is 2.86. The van der Waals surface area contributed by atoms with E-state index in [0.29, 0.717) is 18.4 Å². The molecular weight excluding hydrogens is 152 g/mol. The molecule has 2 heteroatoms. The summed E-state index contributed by atoms with van der Waals surface area (Å²) in [4.78, 5) is 11.0. The highest BCUT2D eigenvalue weighted by Gasteiger charge is 2.03. The van der Waals surface area contributed by atoms with Crippen LogP contribution in [0.1, 0.15) is 18.9 Å². The molecule has 0 saturated heterocycles. The summed E-state index contributed by atoms with van der Waals surface area (Å²) in [7, 11) is 0. The lowest BCUT2D eigenvalue weighted by molar-refractivity contribution is -0.118. The predicted octanol–water partition coefficient (Wildman–Crippen LogP) is 1.91. The Morgan fingerprint density at radius 1 is 1.42 bits per heavy atom. The van der Waals surface area contributed by atoms with E-state index >= 15 is 0 Å². The second kappa shape index (κ2) is 3.90. The Labute approximate surface area is 71.8 Å². The second-order valence-electron chi connectivity index (χ2n) is 2.70. The fourth-order valence-corrected chi connectivity index (χ4v) is 0.998. The number of phenolic OH excluding ortho intramolecular Hbond substituents is 1. The molecule has 1 N–H and O–H groups in total. The topological polar surface area (TPSA) is 37.3 Å². The van der Waals surface area contributed by atoms with Gasteiger partial charge in [0, 0.05) is 18.4 Å². The van der Waals surface area contributed by atoms with Crippen molar-refractivity contribution >= 4 is 5.78 Å². The lowest BCUT2D eigenvalue weighted by Gasteiger charge is -2.00. The lowest BCUT2D eigenvalue weighted by atomic mass is 10.1. The van der Waals surface area contributed by atoms with Crippen molar-refractivity contribution < 1.29 is 9.90 Å². The number of benzene rings is 1. The number of carbonyl (C=O) groups excluding carboxylic acids is 1. The molecular formula is C10H12O2. The van der Waals surface area contributed by atoms with Crippen LogP contribution in [0.5, 0.6) is 5.75 Å². The number of ketones is 1. The highest BCUT2D eigenvalue weighted by Crippen LogP contribution is 2.16. The molecule has 64 valence electrons. The zero-order chi connectivity index (χ0) is 8.97. The molecule has 0 bridgehead atoms. The number of phenols is 1. The molecule has 0 amide bonds. The third kappa shape index (κ3) is 2.09. The van der Waals surface area contributed by atoms with Gasteiger partial charge in [-0.15, -0.1) is 0 Å². The molecule has 0 saturated carbocycles. The highest BCUT2D eigenvalue weighted by atomic mass is 16.3. The van der Waals surface area contributed by atoms with Crippen molar-refractivity contribution in [3.8, 4) is 5.75 Å². The fraction of sp³-hybridized carbons (Fsp3) is 0.300. The first-order chi connectivity index (χ1) is 5.74. The molecule has 1 aromatic carbocycles. The normalized spacial score (nSPS) is 9.75. The van der Waals surface area contributed by atoms with Gasteiger partial charge in [0.25, 0.3) is 0 Å². The Hall–Kier alpha value is -1.31. The summed E-state index contributed by atoms with van der Waals surface area (Å²) in [6.07, 6.45) is 0.859. The smallest absolute Gasteiger partial charge is 0.137 e. The van der Waals surface area contributed by atoms with Crippen LogP contribution in [0.2, 0.25) is 0 Å². The average molecular weight is 164 g/mol. The predicted molar refractivity (Wildman–Crippen MR) is 47.1 cm³/mol. The number of hydrogen-bond donors (Lipinski definition) is 1. The maximum absolute atomic E-state index is 11.0. The molecule has 0 aromatic heterocycles. The van der Waals surface area contributed by atoms with Gasteiger partial charge >= 0.3 is 0 Å². The van der Waals surface area contributed by atoms with Crippen molar-refractivity contribution in [2.45, 2.75) is 19.8 Å². The number of para-hydroxylation sites is 1. The summed E-state index contributed by atoms with van der Waals surface area (Å²) in [6.45, 7) is 1.82. The quantitative estimate of drug-likeness (QED) is 0.741. The summed E-state index contributed by atoms with van der Waals surface area (Å²) in [5.41, 5.74) is 0.712. The van der Waals surface area contributed by atoms with Gasteiger partial charge < -0.3 is 5.11 Å². The Morgan fingerprint density at radius 2 is 2.08 bits per heavy atom. The molecule has 0 spiro atoms. The molecule has 0 aliphatic rings. The van der Waals surface area contributed by atoms with E-state index in [-0.39, 0.29) is 11.5 Å². The van der Waals surface area contributed by atoms with Crippen LogP contribution in [-0.4, -0.2) is 10.9 Å². The molecule has 0 fully saturated rings. The van der Waals surface area contributed by atoms with Crippen LogP contribution in [0.4, 0.5) is 0 Å². The average Bonchev–Trinajstić information content (AvgIpc) is 2.09. The van der Waals surface area contributed by atoms with Crippen LogP contribution in [0.3, 0.4) is 0 Å². The van der Waals surface area contributed by atoms with E-state index in [0.717, 1.165) is 0 Å². The van der Waals surface area contributed by atoms with Crippen molar-refractivity contribution in [3.63, 3.8) is 0 Å². The molecule has 0 unspecified atom stereocenters. The van der Waals surface area contributed by atoms with E-state index in [4.69, 9.17) is 0 Å². The van der Waals surface area contributed by atoms with Crippen LogP contribution in [-0.2, 0) is 11.2 Å². The Bertz CT molecular complexity index is 279. The number of rotatable bonds is 3. The molecule has 2 nitrogen and oxygen atoms in total. The minimum Gasteiger partial charge on any atom is -0.508 e. The molecule has 0 heterocycles. The van der Waals surface area contributed by atoms with Crippen LogP contribution in [0.15, 0.2) is 24.3 Å². The summed E-state index contributed by atoms with van der Waals surface area (Å²) in [5, 5.41) is 9.30. The molecule has 1 aromatic rings. The first-order valence-corrected chi connectivity index (χ1v) is 4.02. The summed E-state index contributed by atoms with van der Waals surface area (Å²) >= 11 is 0. The minimum absolute atomic E-state index is 0.150. The van der Waals surface area contributed by atoms with E-state index in [9.17, 15) is 9.90 Å². The van der Waals surface area contributed by atoms with E-state index in [1.165, 1.54) is 0 Å². The van der Waals surface area contributed by atoms with Gasteiger partial charge in [0.1, 0.15) is 11.5 Å². The third-order valence-electron chi connectivity index (χ3n) is 1.77. The number of hydrogen-bond acceptors (Lipinski definition) is 2. The fourth-order valence-electron chi connectivity index (χ4n) is 0.998. The maximum atomic E-state index is 11.0. The number of carbonyl (C=O) groups is 1. The van der Waals surface area contributed by atoms with Gasteiger partial charge in [0.15, 0.2) is 0 Å². The van der Waals surface area contributed by atoms with E-state index in [1.807, 2.05) is 13.0 Å². The van der Waals surface area contributed by atoms with Gasteiger partial charge in [-0.25, -0.2) is 0 Å². The first-order valence-electron chi connectivity index (χ1n) is 4.02. The molecule has 0 aliphatic heterocycles. The van der Waals surface area contributed by atoms with Crippen LogP contribution in [0.25, 0.3) is 0 Å². The Morgan fingerprint density at radius 3 is 2.67 bits per heavy atom. The number of Topliss-reactive ketones (excluding diaryl/α,β-unsaturated/α-hetero) is 1. The Balaban J connectivity index is 2.75. The molecule has 12 heavy (non-hydrogen) atoms. The van der Waals surface area contributed by atoms with E-state index < -0.39 is 0 Å². The zero-order valence-corrected chi connectivity index (χ0v) is 7.08. The van der Waals surface area contributed by atoms with E-state index in [1.54, 1.807) is 18.2 Å². The summed E-state index contributed by atoms with van der Waals surface area (Å²) < 4.78 is 0. The van der Waals surface area contributed by atoms with Gasteiger partial charge in [0.05, 0.1) is 0 Å². The van der Waals surface area contributed by atoms with Crippen molar-refractivity contribution in [2.75, 3.05) is 0 Å². The number of aromatic hydroxyl groups is 1. The van der Waals surface area contributed by atoms with Crippen molar-refractivity contribution in [1.82, 2.24) is 0 Å². The van der Waals surface area contributed by atoms with Crippen molar-refractivity contribution in [1.29, 1.82) is 0 Å². The van der Waals surface area contributed by atoms with Gasteiger partial charge in [-0.1, -0.05) is 25.1 Å².